The molecule has 0 unspecified atom stereocenters. The first-order chi connectivity index (χ1) is 11.1. The number of carbonyl (C=O) groups is 2. The first kappa shape index (κ1) is 16.5. The Bertz CT molecular complexity index is 966. The Hall–Kier alpha value is -2.37. The Morgan fingerprint density at radius 2 is 1.75 bits per heavy atom. The summed E-state index contributed by atoms with van der Waals surface area (Å²) in [4.78, 5) is 35.5. The number of nitrogens with one attached hydrogen (secondary N) is 1. The fourth-order valence-electron chi connectivity index (χ4n) is 2.42. The number of rotatable bonds is 1. The van der Waals surface area contributed by atoms with Crippen LogP contribution in [0.3, 0.4) is 0 Å². The largest absolute Gasteiger partial charge is 0.417 e. The normalized spacial score (nSPS) is 13.8. The van der Waals surface area contributed by atoms with E-state index in [1.807, 2.05) is 5.32 Å². The van der Waals surface area contributed by atoms with Crippen molar-refractivity contribution in [3.8, 4) is 5.69 Å². The number of fused-ring (bicyclic) bond motifs is 1. The van der Waals surface area contributed by atoms with Crippen LogP contribution < -0.4 is 16.6 Å². The molecule has 6 nitrogen and oxygen atoms in total. The molecule has 0 saturated heterocycles. The third-order valence-electron chi connectivity index (χ3n) is 3.47. The molecule has 124 valence electrons. The molecule has 1 aromatic carbocycles. The molecule has 2 heterocycles. The van der Waals surface area contributed by atoms with E-state index < -0.39 is 34.9 Å². The molecule has 3 N–H and O–H groups in total. The van der Waals surface area contributed by atoms with Gasteiger partial charge in [-0.2, -0.15) is 13.2 Å². The molecule has 0 atom stereocenters. The minimum absolute atomic E-state index is 0.0513. The number of aromatic nitrogens is 1. The van der Waals surface area contributed by atoms with Gasteiger partial charge in [-0.1, -0.05) is 0 Å². The van der Waals surface area contributed by atoms with Crippen LogP contribution in [0.15, 0.2) is 29.1 Å². The molecule has 0 fully saturated rings. The van der Waals surface area contributed by atoms with Gasteiger partial charge in [0.15, 0.2) is 0 Å². The van der Waals surface area contributed by atoms with Crippen LogP contribution in [0.5, 0.6) is 0 Å². The lowest BCUT2D eigenvalue weighted by molar-refractivity contribution is -0.138. The Labute approximate surface area is 145 Å². The number of halogens is 4. The van der Waals surface area contributed by atoms with Gasteiger partial charge in [0.25, 0.3) is 17.4 Å². The van der Waals surface area contributed by atoms with Crippen molar-refractivity contribution in [1.82, 2.24) is 9.88 Å². The maximum Gasteiger partial charge on any atom is 0.417 e. The van der Waals surface area contributed by atoms with E-state index in [2.05, 4.69) is 0 Å². The highest BCUT2D eigenvalue weighted by Gasteiger charge is 2.35. The molecule has 0 saturated carbocycles. The number of amides is 2. The summed E-state index contributed by atoms with van der Waals surface area (Å²) < 4.78 is 39.9. The third kappa shape index (κ3) is 2.46. The molecule has 24 heavy (non-hydrogen) atoms. The number of alkyl halides is 3. The van der Waals surface area contributed by atoms with Gasteiger partial charge in [0.05, 0.1) is 22.4 Å². The van der Waals surface area contributed by atoms with Gasteiger partial charge >= 0.3 is 6.18 Å². The quantitative estimate of drug-likeness (QED) is 0.514. The fraction of sp³-hybridized carbons (Fsp3) is 0.0714. The van der Waals surface area contributed by atoms with Crippen LogP contribution in [0.1, 0.15) is 26.3 Å². The highest BCUT2D eigenvalue weighted by molar-refractivity contribution is 14.1. The molecule has 0 radical (unpaired) electrons. The van der Waals surface area contributed by atoms with Crippen molar-refractivity contribution in [3.63, 3.8) is 0 Å². The number of nitrogens with two attached hydrogens (primary N) is 1. The van der Waals surface area contributed by atoms with Gasteiger partial charge in [-0.3, -0.25) is 24.3 Å². The van der Waals surface area contributed by atoms with E-state index in [0.29, 0.717) is 0 Å². The van der Waals surface area contributed by atoms with Crippen LogP contribution >= 0.6 is 22.6 Å². The van der Waals surface area contributed by atoms with Crippen LogP contribution in [0, 0.1) is 3.57 Å². The maximum atomic E-state index is 13.0. The monoisotopic (exact) mass is 449 g/mol. The van der Waals surface area contributed by atoms with Crippen molar-refractivity contribution in [3.05, 3.63) is 54.9 Å². The lowest BCUT2D eigenvalue weighted by Crippen LogP contribution is -2.24. The van der Waals surface area contributed by atoms with Crippen molar-refractivity contribution >= 4 is 40.2 Å². The average Bonchev–Trinajstić information content (AvgIpc) is 2.74. The molecule has 1 aliphatic rings. The Kier molecular flexibility index (Phi) is 3.66. The number of nitrogens with zero attached hydrogens (tertiary/aromatic N) is 1. The molecule has 10 heteroatoms. The smallest absolute Gasteiger partial charge is 0.384 e. The summed E-state index contributed by atoms with van der Waals surface area (Å²) in [6.45, 7) is 0. The second-order valence-electron chi connectivity index (χ2n) is 4.94. The van der Waals surface area contributed by atoms with E-state index in [1.54, 1.807) is 0 Å². The summed E-state index contributed by atoms with van der Waals surface area (Å²) in [6.07, 6.45) is -4.62. The van der Waals surface area contributed by atoms with E-state index in [0.717, 1.165) is 16.7 Å². The van der Waals surface area contributed by atoms with E-state index in [4.69, 9.17) is 5.73 Å². The Balaban J connectivity index is 2.30. The van der Waals surface area contributed by atoms with Crippen LogP contribution in [0.25, 0.3) is 5.69 Å². The Morgan fingerprint density at radius 1 is 1.08 bits per heavy atom. The van der Waals surface area contributed by atoms with Gasteiger partial charge in [-0.05, 0) is 40.8 Å². The number of hydrogen-bond acceptors (Lipinski definition) is 4. The predicted octanol–water partition coefficient (Wildman–Crippen LogP) is 1.93. The first-order valence-electron chi connectivity index (χ1n) is 6.39. The highest BCUT2D eigenvalue weighted by atomic mass is 127. The standard InChI is InChI=1S/C14H7F3IN3O3/c15-14(16,17)7-3-5(1-2-8(7)18)21-9(22)4-6-10(11(21)19)13(24)20-12(6)23/h1-4H,19H2,(H,20,23,24). The number of benzene rings is 1. The molecular formula is C14H7F3IN3O3. The maximum absolute atomic E-state index is 13.0. The zero-order valence-electron chi connectivity index (χ0n) is 11.6. The van der Waals surface area contributed by atoms with Gasteiger partial charge < -0.3 is 5.73 Å². The second-order valence-corrected chi connectivity index (χ2v) is 6.10. The topological polar surface area (TPSA) is 94.2 Å². The second kappa shape index (κ2) is 5.33. The van der Waals surface area contributed by atoms with E-state index >= 15 is 0 Å². The molecule has 0 aliphatic carbocycles. The zero-order chi connectivity index (χ0) is 17.8. The van der Waals surface area contributed by atoms with E-state index in [-0.39, 0.29) is 20.4 Å². The van der Waals surface area contributed by atoms with Crippen LogP contribution in [0.2, 0.25) is 0 Å². The minimum atomic E-state index is -4.62. The van der Waals surface area contributed by atoms with E-state index in [1.165, 1.54) is 34.7 Å². The average molecular weight is 449 g/mol. The number of imide groups is 1. The summed E-state index contributed by atoms with van der Waals surface area (Å²) in [6, 6.07) is 4.09. The lowest BCUT2D eigenvalue weighted by Gasteiger charge is -2.15. The zero-order valence-corrected chi connectivity index (χ0v) is 13.7. The summed E-state index contributed by atoms with van der Waals surface area (Å²) in [5, 5.41) is 1.98. The molecule has 2 aromatic rings. The number of pyridine rings is 1. The van der Waals surface area contributed by atoms with Crippen molar-refractivity contribution in [2.45, 2.75) is 6.18 Å². The van der Waals surface area contributed by atoms with Gasteiger partial charge in [0, 0.05) is 9.64 Å². The van der Waals surface area contributed by atoms with Gasteiger partial charge in [0.1, 0.15) is 5.82 Å². The van der Waals surface area contributed by atoms with Gasteiger partial charge in [0.2, 0.25) is 0 Å². The predicted molar refractivity (Wildman–Crippen MR) is 86.0 cm³/mol. The van der Waals surface area contributed by atoms with Crippen molar-refractivity contribution in [2.24, 2.45) is 0 Å². The number of anilines is 1. The summed E-state index contributed by atoms with van der Waals surface area (Å²) in [7, 11) is 0. The summed E-state index contributed by atoms with van der Waals surface area (Å²) in [5.74, 6) is -1.97. The van der Waals surface area contributed by atoms with Crippen molar-refractivity contribution < 1.29 is 22.8 Å². The number of hydrogen-bond donors (Lipinski definition) is 2. The summed E-state index contributed by atoms with van der Waals surface area (Å²) in [5.41, 5.74) is 3.46. The molecular weight excluding hydrogens is 442 g/mol. The minimum Gasteiger partial charge on any atom is -0.384 e. The molecule has 1 aromatic heterocycles. The van der Waals surface area contributed by atoms with Gasteiger partial charge in [-0.25, -0.2) is 0 Å². The molecule has 3 rings (SSSR count). The SMILES string of the molecule is Nc1c2c(cc(=O)n1-c1ccc(I)c(C(F)(F)F)c1)C(=O)NC2=O. The number of nitrogen functional groups attached to an aromatic ring is 1. The first-order valence-corrected chi connectivity index (χ1v) is 7.47. The molecule has 0 bridgehead atoms. The van der Waals surface area contributed by atoms with E-state index in [9.17, 15) is 27.6 Å². The van der Waals surface area contributed by atoms with Crippen molar-refractivity contribution in [1.29, 1.82) is 0 Å². The third-order valence-corrected chi connectivity index (χ3v) is 4.41. The highest BCUT2D eigenvalue weighted by Crippen LogP contribution is 2.34. The number of carbonyl (C=O) groups excluding carboxylic acids is 2. The van der Waals surface area contributed by atoms with Crippen LogP contribution in [-0.4, -0.2) is 16.4 Å². The van der Waals surface area contributed by atoms with Gasteiger partial charge in [-0.15, -0.1) is 0 Å². The molecule has 2 amide bonds. The molecule has 1 aliphatic heterocycles. The Morgan fingerprint density at radius 3 is 2.38 bits per heavy atom. The summed E-state index contributed by atoms with van der Waals surface area (Å²) >= 11 is 1.53. The van der Waals surface area contributed by atoms with Crippen molar-refractivity contribution in [2.75, 3.05) is 5.73 Å². The lowest BCUT2D eigenvalue weighted by atomic mass is 10.1. The van der Waals surface area contributed by atoms with Crippen LogP contribution in [0.4, 0.5) is 19.0 Å². The fourth-order valence-corrected chi connectivity index (χ4v) is 3.06. The molecule has 0 spiro atoms. The van der Waals surface area contributed by atoms with Crippen LogP contribution in [-0.2, 0) is 6.18 Å².